The Bertz CT molecular complexity index is 381. The standard InChI is InChI=1S/C11H13N3O2/c15-7-8-3-12-11(13-4-8)14-5-9-1-2-10(6-14)16-9/h3-4,7,9-10H,1-2,5-6H2. The van der Waals surface area contributed by atoms with Gasteiger partial charge in [-0.05, 0) is 12.8 Å². The van der Waals surface area contributed by atoms with Gasteiger partial charge in [0.05, 0.1) is 17.8 Å². The molecule has 2 atom stereocenters. The Hall–Kier alpha value is -1.49. The highest BCUT2D eigenvalue weighted by Crippen LogP contribution is 2.27. The molecule has 5 heteroatoms. The fraction of sp³-hybridized carbons (Fsp3) is 0.545. The van der Waals surface area contributed by atoms with Crippen LogP contribution in [0, 0.1) is 0 Å². The van der Waals surface area contributed by atoms with E-state index in [1.165, 1.54) is 0 Å². The molecule has 0 saturated carbocycles. The average molecular weight is 219 g/mol. The second kappa shape index (κ2) is 3.83. The third kappa shape index (κ3) is 1.67. The minimum Gasteiger partial charge on any atom is -0.371 e. The summed E-state index contributed by atoms with van der Waals surface area (Å²) in [6, 6.07) is 0. The summed E-state index contributed by atoms with van der Waals surface area (Å²) in [6.07, 6.45) is 6.80. The fourth-order valence-corrected chi connectivity index (χ4v) is 2.33. The average Bonchev–Trinajstić information content (AvgIpc) is 2.68. The van der Waals surface area contributed by atoms with Crippen molar-refractivity contribution in [3.63, 3.8) is 0 Å². The summed E-state index contributed by atoms with van der Waals surface area (Å²) in [5.41, 5.74) is 0.514. The Morgan fingerprint density at radius 1 is 1.25 bits per heavy atom. The van der Waals surface area contributed by atoms with Crippen molar-refractivity contribution in [1.82, 2.24) is 9.97 Å². The van der Waals surface area contributed by atoms with E-state index in [1.807, 2.05) is 0 Å². The van der Waals surface area contributed by atoms with Crippen LogP contribution in [0.1, 0.15) is 23.2 Å². The van der Waals surface area contributed by atoms with Crippen LogP contribution < -0.4 is 4.90 Å². The van der Waals surface area contributed by atoms with Crippen LogP contribution >= 0.6 is 0 Å². The summed E-state index contributed by atoms with van der Waals surface area (Å²) in [5, 5.41) is 0. The summed E-state index contributed by atoms with van der Waals surface area (Å²) in [4.78, 5) is 21.0. The van der Waals surface area contributed by atoms with Crippen molar-refractivity contribution in [3.8, 4) is 0 Å². The summed E-state index contributed by atoms with van der Waals surface area (Å²) in [6.45, 7) is 1.72. The molecule has 2 aliphatic heterocycles. The van der Waals surface area contributed by atoms with Crippen LogP contribution in [-0.4, -0.2) is 41.6 Å². The molecule has 2 bridgehead atoms. The van der Waals surface area contributed by atoms with Gasteiger partial charge in [0.25, 0.3) is 0 Å². The van der Waals surface area contributed by atoms with Gasteiger partial charge in [-0.2, -0.15) is 0 Å². The SMILES string of the molecule is O=Cc1cnc(N2CC3CCC(C2)O3)nc1. The van der Waals surface area contributed by atoms with Crippen LogP contribution in [0.15, 0.2) is 12.4 Å². The minimum atomic E-state index is 0.327. The highest BCUT2D eigenvalue weighted by atomic mass is 16.5. The molecule has 0 aromatic carbocycles. The third-order valence-electron chi connectivity index (χ3n) is 3.12. The van der Waals surface area contributed by atoms with E-state index in [1.54, 1.807) is 12.4 Å². The van der Waals surface area contributed by atoms with Gasteiger partial charge in [0.15, 0.2) is 6.29 Å². The van der Waals surface area contributed by atoms with Crippen molar-refractivity contribution < 1.29 is 9.53 Å². The molecule has 2 unspecified atom stereocenters. The molecule has 1 aromatic rings. The van der Waals surface area contributed by atoms with Crippen molar-refractivity contribution in [2.45, 2.75) is 25.0 Å². The summed E-state index contributed by atoms with van der Waals surface area (Å²) < 4.78 is 5.74. The van der Waals surface area contributed by atoms with E-state index in [9.17, 15) is 4.79 Å². The maximum atomic E-state index is 10.5. The van der Waals surface area contributed by atoms with E-state index in [4.69, 9.17) is 4.74 Å². The summed E-state index contributed by atoms with van der Waals surface area (Å²) >= 11 is 0. The molecular formula is C11H13N3O2. The van der Waals surface area contributed by atoms with E-state index in [0.717, 1.165) is 32.2 Å². The van der Waals surface area contributed by atoms with E-state index in [2.05, 4.69) is 14.9 Å². The predicted molar refractivity (Wildman–Crippen MR) is 57.5 cm³/mol. The molecule has 3 heterocycles. The molecule has 0 radical (unpaired) electrons. The van der Waals surface area contributed by atoms with Gasteiger partial charge >= 0.3 is 0 Å². The molecule has 2 fully saturated rings. The third-order valence-corrected chi connectivity index (χ3v) is 3.12. The maximum Gasteiger partial charge on any atom is 0.225 e. The fourth-order valence-electron chi connectivity index (χ4n) is 2.33. The molecule has 2 aliphatic rings. The van der Waals surface area contributed by atoms with Crippen molar-refractivity contribution in [3.05, 3.63) is 18.0 Å². The van der Waals surface area contributed by atoms with Crippen LogP contribution in [0.5, 0.6) is 0 Å². The van der Waals surface area contributed by atoms with Crippen LogP contribution in [0.2, 0.25) is 0 Å². The van der Waals surface area contributed by atoms with Crippen LogP contribution in [0.25, 0.3) is 0 Å². The number of hydrogen-bond donors (Lipinski definition) is 0. The van der Waals surface area contributed by atoms with Gasteiger partial charge in [0.2, 0.25) is 5.95 Å². The van der Waals surface area contributed by atoms with Gasteiger partial charge in [-0.25, -0.2) is 9.97 Å². The Kier molecular flexibility index (Phi) is 2.32. The maximum absolute atomic E-state index is 10.5. The van der Waals surface area contributed by atoms with Gasteiger partial charge in [0.1, 0.15) is 0 Å². The number of aromatic nitrogens is 2. The first-order valence-electron chi connectivity index (χ1n) is 5.53. The zero-order chi connectivity index (χ0) is 11.0. The van der Waals surface area contributed by atoms with Crippen LogP contribution in [0.3, 0.4) is 0 Å². The molecule has 0 amide bonds. The van der Waals surface area contributed by atoms with E-state index >= 15 is 0 Å². The van der Waals surface area contributed by atoms with E-state index in [-0.39, 0.29) is 0 Å². The lowest BCUT2D eigenvalue weighted by atomic mass is 10.2. The number of rotatable bonds is 2. The molecule has 3 rings (SSSR count). The second-order valence-electron chi connectivity index (χ2n) is 4.30. The zero-order valence-corrected chi connectivity index (χ0v) is 8.87. The van der Waals surface area contributed by atoms with Gasteiger partial charge in [-0.1, -0.05) is 0 Å². The normalized spacial score (nSPS) is 28.1. The quantitative estimate of drug-likeness (QED) is 0.684. The molecule has 84 valence electrons. The highest BCUT2D eigenvalue weighted by Gasteiger charge is 2.34. The largest absolute Gasteiger partial charge is 0.371 e. The van der Waals surface area contributed by atoms with Crippen molar-refractivity contribution >= 4 is 12.2 Å². The zero-order valence-electron chi connectivity index (χ0n) is 8.87. The molecule has 1 aromatic heterocycles. The summed E-state index contributed by atoms with van der Waals surface area (Å²) in [7, 11) is 0. The predicted octanol–water partition coefficient (Wildman–Crippen LogP) is 0.657. The molecule has 0 spiro atoms. The lowest BCUT2D eigenvalue weighted by Gasteiger charge is -2.31. The Balaban J connectivity index is 1.78. The minimum absolute atomic E-state index is 0.327. The number of hydrogen-bond acceptors (Lipinski definition) is 5. The van der Waals surface area contributed by atoms with Gasteiger partial charge < -0.3 is 9.64 Å². The number of morpholine rings is 1. The monoisotopic (exact) mass is 219 g/mol. The van der Waals surface area contributed by atoms with Gasteiger partial charge in [0, 0.05) is 25.5 Å². The number of ether oxygens (including phenoxy) is 1. The number of fused-ring (bicyclic) bond motifs is 2. The molecule has 5 nitrogen and oxygen atoms in total. The Labute approximate surface area is 93.4 Å². The molecule has 0 aliphatic carbocycles. The topological polar surface area (TPSA) is 55.3 Å². The Morgan fingerprint density at radius 3 is 2.44 bits per heavy atom. The Morgan fingerprint density at radius 2 is 1.88 bits per heavy atom. The molecule has 2 saturated heterocycles. The van der Waals surface area contributed by atoms with Gasteiger partial charge in [-0.3, -0.25) is 4.79 Å². The summed E-state index contributed by atoms with van der Waals surface area (Å²) in [5.74, 6) is 0.700. The van der Waals surface area contributed by atoms with Crippen LogP contribution in [-0.2, 0) is 4.74 Å². The van der Waals surface area contributed by atoms with Crippen molar-refractivity contribution in [2.75, 3.05) is 18.0 Å². The first-order chi connectivity index (χ1) is 7.85. The number of anilines is 1. The lowest BCUT2D eigenvalue weighted by Crippen LogP contribution is -2.43. The van der Waals surface area contributed by atoms with Gasteiger partial charge in [-0.15, -0.1) is 0 Å². The lowest BCUT2D eigenvalue weighted by molar-refractivity contribution is 0.0299. The second-order valence-corrected chi connectivity index (χ2v) is 4.30. The van der Waals surface area contributed by atoms with E-state index < -0.39 is 0 Å². The number of carbonyl (C=O) groups excluding carboxylic acids is 1. The number of nitrogens with zero attached hydrogens (tertiary/aromatic N) is 3. The number of aldehydes is 1. The van der Waals surface area contributed by atoms with Crippen LogP contribution in [0.4, 0.5) is 5.95 Å². The highest BCUT2D eigenvalue weighted by molar-refractivity contribution is 5.73. The molecular weight excluding hydrogens is 206 g/mol. The first kappa shape index (κ1) is 9.72. The van der Waals surface area contributed by atoms with Crippen molar-refractivity contribution in [2.24, 2.45) is 0 Å². The number of carbonyl (C=O) groups is 1. The first-order valence-corrected chi connectivity index (χ1v) is 5.53. The molecule has 16 heavy (non-hydrogen) atoms. The van der Waals surface area contributed by atoms with Crippen molar-refractivity contribution in [1.29, 1.82) is 0 Å². The van der Waals surface area contributed by atoms with E-state index in [0.29, 0.717) is 23.7 Å². The molecule has 0 N–H and O–H groups in total. The smallest absolute Gasteiger partial charge is 0.225 e.